The molecule has 17 rings (SSSR count). The zero-order chi connectivity index (χ0) is 71.6. The highest BCUT2D eigenvalue weighted by molar-refractivity contribution is 5.97. The highest BCUT2D eigenvalue weighted by Crippen LogP contribution is 2.43. The number of benzene rings is 7. The van der Waals surface area contributed by atoms with E-state index in [2.05, 4.69) is 111 Å². The van der Waals surface area contributed by atoms with Crippen LogP contribution >= 0.6 is 0 Å². The third-order valence-corrected chi connectivity index (χ3v) is 17.2. The number of pyridine rings is 5. The fraction of sp³-hybridized carbons (Fsp3) is 0.0941. The van der Waals surface area contributed by atoms with Crippen molar-refractivity contribution in [3.63, 3.8) is 0 Å². The Balaban J connectivity index is 0.000000116. The molecule has 0 aliphatic heterocycles. The van der Waals surface area contributed by atoms with Gasteiger partial charge in [-0.15, -0.1) is 0 Å². The molecule has 0 fully saturated rings. The van der Waals surface area contributed by atoms with Crippen molar-refractivity contribution in [1.29, 1.82) is 0 Å². The third-order valence-electron chi connectivity index (χ3n) is 17.2. The van der Waals surface area contributed by atoms with Crippen LogP contribution in [0.4, 0.5) is 0 Å². The van der Waals surface area contributed by atoms with Gasteiger partial charge in [0, 0.05) is 117 Å². The topological polar surface area (TPSA) is 237 Å². The van der Waals surface area contributed by atoms with Crippen LogP contribution in [0.1, 0.15) is 11.1 Å². The number of nitrogens with one attached hydrogen (secondary N) is 5. The van der Waals surface area contributed by atoms with Gasteiger partial charge in [-0.1, -0.05) is 97.1 Å². The van der Waals surface area contributed by atoms with Crippen LogP contribution in [0.2, 0.25) is 0 Å². The van der Waals surface area contributed by atoms with Gasteiger partial charge in [0.2, 0.25) is 5.75 Å². The van der Waals surface area contributed by atoms with E-state index in [1.807, 2.05) is 183 Å². The first kappa shape index (κ1) is 68.7. The second-order valence-corrected chi connectivity index (χ2v) is 23.5. The summed E-state index contributed by atoms with van der Waals surface area (Å²) in [7, 11) is 9.62. The number of fused-ring (bicyclic) bond motifs is 5. The number of aromatic hydroxyl groups is 1. The summed E-state index contributed by atoms with van der Waals surface area (Å²) in [6.45, 7) is 1.15. The predicted molar refractivity (Wildman–Crippen MR) is 410 cm³/mol. The van der Waals surface area contributed by atoms with Gasteiger partial charge in [-0.05, 0) is 160 Å². The lowest BCUT2D eigenvalue weighted by Crippen LogP contribution is -1.95. The third kappa shape index (κ3) is 15.8. The molecule has 19 heteroatoms. The highest BCUT2D eigenvalue weighted by Gasteiger charge is 2.18. The average molecular weight is 1380 g/mol. The van der Waals surface area contributed by atoms with E-state index >= 15 is 0 Å². The van der Waals surface area contributed by atoms with Gasteiger partial charge in [0.15, 0.2) is 34.5 Å². The van der Waals surface area contributed by atoms with E-state index in [0.717, 1.165) is 139 Å². The molecule has 0 unspecified atom stereocenters. The monoisotopic (exact) mass is 1380 g/mol. The molecular weight excluding hydrogens is 1300 g/mol. The number of H-pyrrole nitrogens is 5. The lowest BCUT2D eigenvalue weighted by molar-refractivity contribution is 0.306. The van der Waals surface area contributed by atoms with Crippen LogP contribution in [0.15, 0.2) is 280 Å². The number of aromatic nitrogens is 10. The summed E-state index contributed by atoms with van der Waals surface area (Å²) < 4.78 is 43.6. The lowest BCUT2D eigenvalue weighted by atomic mass is 10.0. The van der Waals surface area contributed by atoms with Crippen LogP contribution in [0.5, 0.6) is 51.7 Å². The van der Waals surface area contributed by atoms with Crippen molar-refractivity contribution in [2.75, 3.05) is 42.7 Å². The molecule has 0 amide bonds. The largest absolute Gasteiger partial charge is 0.504 e. The summed E-state index contributed by atoms with van der Waals surface area (Å²) >= 11 is 0. The number of rotatable bonds is 17. The Morgan fingerprint density at radius 3 is 1.05 bits per heavy atom. The molecule has 0 atom stereocenters. The van der Waals surface area contributed by atoms with E-state index < -0.39 is 0 Å². The van der Waals surface area contributed by atoms with Crippen molar-refractivity contribution in [3.8, 4) is 107 Å². The molecule has 7 aromatic carbocycles. The van der Waals surface area contributed by atoms with Crippen LogP contribution in [0.25, 0.3) is 111 Å². The van der Waals surface area contributed by atoms with Crippen LogP contribution in [-0.4, -0.2) is 97.6 Å². The first-order valence-electron chi connectivity index (χ1n) is 33.3. The van der Waals surface area contributed by atoms with Crippen molar-refractivity contribution < 1.29 is 43.0 Å². The molecule has 0 radical (unpaired) electrons. The molecule has 0 aliphatic rings. The predicted octanol–water partition coefficient (Wildman–Crippen LogP) is 19.1. The Morgan fingerprint density at radius 1 is 0.279 bits per heavy atom. The Labute approximate surface area is 599 Å². The molecular formula is C85H74N10O9. The summed E-state index contributed by atoms with van der Waals surface area (Å²) in [5, 5.41) is 15.0. The standard InChI is InChI=1S/2C20H16N2O.C16H16N2O3.C15H14N2O2.C14H12N2O2/c1-2-6-15(7-3-1)14-23-17-9-4-8-16(12-17)19-13-22-20-18(19)10-5-11-21-20;1-2-5-15(6-3-1)14-23-17-10-8-16(9-11-17)19-13-22-20-18(19)7-4-12-21-20;1-19-13-7-10(8-14(20-2)15(13)21-3)12-9-18-16-11(12)5-4-6-17-16;1-18-13-6-5-10(8-14(13)19-2)12-9-17-15-11(12)4-3-7-16-15;1-18-13-7-9(4-5-12(13)17)11-8-16-14-10(11)3-2-6-15-14/h2*1-13H,14H2,(H,21,22);4-9H,1-3H3,(H,17,18);3-9H,1-2H3,(H,16,17);2-8,17H,1H3,(H,15,16). The van der Waals surface area contributed by atoms with Gasteiger partial charge < -0.3 is 67.9 Å². The Bertz CT molecular complexity index is 5630. The molecule has 0 saturated carbocycles. The zero-order valence-corrected chi connectivity index (χ0v) is 57.9. The molecule has 0 bridgehead atoms. The van der Waals surface area contributed by atoms with Crippen molar-refractivity contribution >= 4 is 55.2 Å². The van der Waals surface area contributed by atoms with Crippen LogP contribution < -0.4 is 37.9 Å². The average Bonchev–Trinajstić information content (AvgIpc) is 1.64. The van der Waals surface area contributed by atoms with E-state index in [9.17, 15) is 5.11 Å². The lowest BCUT2D eigenvalue weighted by Gasteiger charge is -2.13. The molecule has 518 valence electrons. The van der Waals surface area contributed by atoms with E-state index in [-0.39, 0.29) is 5.75 Å². The van der Waals surface area contributed by atoms with E-state index in [0.29, 0.717) is 36.2 Å². The molecule has 6 N–H and O–H groups in total. The molecule has 104 heavy (non-hydrogen) atoms. The van der Waals surface area contributed by atoms with Gasteiger partial charge in [-0.25, -0.2) is 24.9 Å². The minimum Gasteiger partial charge on any atom is -0.504 e. The van der Waals surface area contributed by atoms with Crippen molar-refractivity contribution in [2.45, 2.75) is 13.2 Å². The number of hydrogen-bond donors (Lipinski definition) is 6. The smallest absolute Gasteiger partial charge is 0.203 e. The van der Waals surface area contributed by atoms with Crippen molar-refractivity contribution in [1.82, 2.24) is 49.8 Å². The SMILES string of the molecule is COc1cc(-c2c[nH]c3ncccc23)cc(OC)c1OC.COc1cc(-c2c[nH]c3ncccc23)ccc1O.COc1ccc(-c2c[nH]c3ncccc23)cc1OC.c1ccc(COc2ccc(-c3c[nH]c4ncccc34)cc2)cc1.c1ccc(COc2cccc(-c3c[nH]c4ncccc34)c2)cc1. The van der Waals surface area contributed by atoms with E-state index in [1.165, 1.54) is 12.7 Å². The van der Waals surface area contributed by atoms with Gasteiger partial charge >= 0.3 is 0 Å². The second-order valence-electron chi connectivity index (χ2n) is 23.5. The van der Waals surface area contributed by atoms with Crippen molar-refractivity contribution in [3.05, 3.63) is 291 Å². The maximum atomic E-state index is 9.60. The summed E-state index contributed by atoms with van der Waals surface area (Å²) in [5.74, 6) is 5.63. The number of hydrogen-bond acceptors (Lipinski definition) is 14. The Morgan fingerprint density at radius 2 is 0.635 bits per heavy atom. The number of aromatic amines is 5. The number of phenols is 1. The fourth-order valence-electron chi connectivity index (χ4n) is 12.0. The second kappa shape index (κ2) is 32.9. The molecule has 10 aromatic heterocycles. The van der Waals surface area contributed by atoms with Gasteiger partial charge in [0.25, 0.3) is 0 Å². The first-order chi connectivity index (χ1) is 51.2. The summed E-state index contributed by atoms with van der Waals surface area (Å²) in [6.07, 6.45) is 18.7. The minimum absolute atomic E-state index is 0.138. The molecule has 0 saturated heterocycles. The van der Waals surface area contributed by atoms with Crippen LogP contribution in [0, 0.1) is 0 Å². The van der Waals surface area contributed by atoms with E-state index in [1.54, 1.807) is 72.6 Å². The highest BCUT2D eigenvalue weighted by atomic mass is 16.5. The Kier molecular flexibility index (Phi) is 21.7. The van der Waals surface area contributed by atoms with E-state index in [4.69, 9.17) is 37.9 Å². The van der Waals surface area contributed by atoms with Crippen LogP contribution in [0.3, 0.4) is 0 Å². The first-order valence-corrected chi connectivity index (χ1v) is 33.3. The number of phenolic OH excluding ortho intramolecular Hbond substituents is 1. The Hall–Kier alpha value is -13.8. The molecule has 0 spiro atoms. The maximum Gasteiger partial charge on any atom is 0.203 e. The number of methoxy groups -OCH3 is 6. The molecule has 17 aromatic rings. The minimum atomic E-state index is 0.138. The normalized spacial score (nSPS) is 10.7. The number of nitrogens with zero attached hydrogens (tertiary/aromatic N) is 5. The summed E-state index contributed by atoms with van der Waals surface area (Å²) in [5.41, 5.74) is 17.5. The molecule has 0 aliphatic carbocycles. The fourth-order valence-corrected chi connectivity index (χ4v) is 12.0. The summed E-state index contributed by atoms with van der Waals surface area (Å²) in [4.78, 5) is 37.4. The van der Waals surface area contributed by atoms with Gasteiger partial charge in [-0.3, -0.25) is 0 Å². The quantitative estimate of drug-likeness (QED) is 0.0497. The van der Waals surface area contributed by atoms with Gasteiger partial charge in [-0.2, -0.15) is 0 Å². The van der Waals surface area contributed by atoms with Gasteiger partial charge in [0.1, 0.15) is 52.9 Å². The zero-order valence-electron chi connectivity index (χ0n) is 57.9. The molecule has 19 nitrogen and oxygen atoms in total. The van der Waals surface area contributed by atoms with Gasteiger partial charge in [0.05, 0.1) is 42.7 Å². The number of ether oxygens (including phenoxy) is 8. The van der Waals surface area contributed by atoms with Crippen LogP contribution in [-0.2, 0) is 13.2 Å². The van der Waals surface area contributed by atoms with Crippen molar-refractivity contribution in [2.24, 2.45) is 0 Å². The molecule has 10 heterocycles. The maximum absolute atomic E-state index is 9.60. The summed E-state index contributed by atoms with van der Waals surface area (Å²) in [6, 6.07) is 71.6.